The first-order valence-electron chi connectivity index (χ1n) is 7.62. The number of ketones is 1. The van der Waals surface area contributed by atoms with E-state index >= 15 is 0 Å². The van der Waals surface area contributed by atoms with Crippen LogP contribution in [0.25, 0.3) is 0 Å². The number of hydrogen-bond donors (Lipinski definition) is 1. The van der Waals surface area contributed by atoms with Crippen LogP contribution in [0.4, 0.5) is 0 Å². The fourth-order valence-electron chi connectivity index (χ4n) is 2.62. The lowest BCUT2D eigenvalue weighted by molar-refractivity contribution is -0.126. The maximum atomic E-state index is 12.3. The molecule has 0 saturated heterocycles. The molecule has 2 heterocycles. The lowest BCUT2D eigenvalue weighted by Gasteiger charge is -2.31. The van der Waals surface area contributed by atoms with Crippen molar-refractivity contribution in [3.8, 4) is 0 Å². The topological polar surface area (TPSA) is 80.1 Å². The van der Waals surface area contributed by atoms with Gasteiger partial charge in [0.1, 0.15) is 12.2 Å². The fourth-order valence-corrected chi connectivity index (χ4v) is 2.62. The second kappa shape index (κ2) is 6.70. The van der Waals surface area contributed by atoms with Crippen molar-refractivity contribution in [1.82, 2.24) is 25.0 Å². The Balaban J connectivity index is 1.53. The second-order valence-electron chi connectivity index (χ2n) is 5.59. The third kappa shape index (κ3) is 3.45. The molecule has 1 aliphatic rings. The summed E-state index contributed by atoms with van der Waals surface area (Å²) in [7, 11) is 0. The van der Waals surface area contributed by atoms with Crippen LogP contribution in [0.5, 0.6) is 0 Å². The van der Waals surface area contributed by atoms with E-state index in [0.29, 0.717) is 12.1 Å². The predicted octanol–water partition coefficient (Wildman–Crippen LogP) is 0.481. The Morgan fingerprint density at radius 1 is 1.26 bits per heavy atom. The first-order valence-corrected chi connectivity index (χ1v) is 7.62. The highest BCUT2D eigenvalue weighted by Gasteiger charge is 2.26. The van der Waals surface area contributed by atoms with E-state index in [2.05, 4.69) is 15.5 Å². The molecule has 1 N–H and O–H groups in total. The lowest BCUT2D eigenvalue weighted by Crippen LogP contribution is -2.48. The number of carbonyl (C=O) groups is 2. The molecule has 0 unspecified atom stereocenters. The quantitative estimate of drug-likeness (QED) is 0.812. The molecule has 0 fully saturated rings. The summed E-state index contributed by atoms with van der Waals surface area (Å²) in [4.78, 5) is 26.3. The van der Waals surface area contributed by atoms with Gasteiger partial charge in [-0.05, 0) is 6.92 Å². The molecule has 1 aromatic carbocycles. The molecule has 0 spiro atoms. The van der Waals surface area contributed by atoms with E-state index < -0.39 is 0 Å². The third-order valence-electron chi connectivity index (χ3n) is 4.11. The zero-order valence-corrected chi connectivity index (χ0v) is 13.0. The highest BCUT2D eigenvalue weighted by atomic mass is 16.2. The largest absolute Gasteiger partial charge is 0.347 e. The van der Waals surface area contributed by atoms with Crippen LogP contribution >= 0.6 is 0 Å². The van der Waals surface area contributed by atoms with Crippen LogP contribution in [0.2, 0.25) is 0 Å². The minimum atomic E-state index is -0.316. The van der Waals surface area contributed by atoms with E-state index in [1.807, 2.05) is 34.6 Å². The van der Waals surface area contributed by atoms with Gasteiger partial charge in [-0.3, -0.25) is 14.5 Å². The number of rotatable bonds is 5. The fraction of sp³-hybridized carbons (Fsp3) is 0.375. The van der Waals surface area contributed by atoms with Crippen LogP contribution in [0.15, 0.2) is 36.7 Å². The van der Waals surface area contributed by atoms with Crippen LogP contribution in [0.1, 0.15) is 23.1 Å². The maximum absolute atomic E-state index is 12.3. The number of nitrogens with zero attached hydrogens (tertiary/aromatic N) is 4. The van der Waals surface area contributed by atoms with Crippen molar-refractivity contribution >= 4 is 11.7 Å². The smallest absolute Gasteiger partial charge is 0.237 e. The highest BCUT2D eigenvalue weighted by Crippen LogP contribution is 2.12. The molecule has 23 heavy (non-hydrogen) atoms. The van der Waals surface area contributed by atoms with Crippen molar-refractivity contribution in [2.75, 3.05) is 13.1 Å². The number of aromatic nitrogens is 3. The summed E-state index contributed by atoms with van der Waals surface area (Å²) < 4.78 is 1.99. The van der Waals surface area contributed by atoms with Crippen LogP contribution in [0.3, 0.4) is 0 Å². The number of hydrogen-bond acceptors (Lipinski definition) is 5. The van der Waals surface area contributed by atoms with Gasteiger partial charge in [0.15, 0.2) is 5.78 Å². The molecule has 0 saturated carbocycles. The molecule has 3 rings (SSSR count). The van der Waals surface area contributed by atoms with Gasteiger partial charge in [0.05, 0.1) is 19.1 Å². The zero-order chi connectivity index (χ0) is 16.2. The van der Waals surface area contributed by atoms with Crippen LogP contribution in [0, 0.1) is 0 Å². The Morgan fingerprint density at radius 3 is 2.83 bits per heavy atom. The summed E-state index contributed by atoms with van der Waals surface area (Å²) in [5, 5.41) is 10.6. The molecule has 1 atom stereocenters. The Bertz CT molecular complexity index is 698. The van der Waals surface area contributed by atoms with E-state index in [4.69, 9.17) is 0 Å². The van der Waals surface area contributed by atoms with Gasteiger partial charge in [0, 0.05) is 18.7 Å². The molecule has 7 nitrogen and oxygen atoms in total. The molecule has 1 amide bonds. The summed E-state index contributed by atoms with van der Waals surface area (Å²) in [5.74, 6) is 0.614. The minimum Gasteiger partial charge on any atom is -0.347 e. The minimum absolute atomic E-state index is 0.0111. The number of amides is 1. The normalized spacial score (nSPS) is 15.7. The standard InChI is InChI=1S/C16H19N5O2/c1-12(20-7-8-21-11-18-19-15(21)10-20)16(23)17-9-14(22)13-5-3-2-4-6-13/h2-6,11-12H,7-10H2,1H3,(H,17,23)/t12-/m0/s1. The van der Waals surface area contributed by atoms with Gasteiger partial charge in [-0.2, -0.15) is 0 Å². The van der Waals surface area contributed by atoms with Crippen molar-refractivity contribution < 1.29 is 9.59 Å². The first-order chi connectivity index (χ1) is 11.1. The maximum Gasteiger partial charge on any atom is 0.237 e. The van der Waals surface area contributed by atoms with Crippen molar-refractivity contribution in [3.05, 3.63) is 48.0 Å². The first kappa shape index (κ1) is 15.4. The number of nitrogens with one attached hydrogen (secondary N) is 1. The number of fused-ring (bicyclic) bond motifs is 1. The van der Waals surface area contributed by atoms with Gasteiger partial charge in [0.2, 0.25) is 5.91 Å². The Hall–Kier alpha value is -2.54. The van der Waals surface area contributed by atoms with Crippen LogP contribution in [-0.4, -0.2) is 50.5 Å². The van der Waals surface area contributed by atoms with E-state index in [1.54, 1.807) is 18.5 Å². The second-order valence-corrected chi connectivity index (χ2v) is 5.59. The van der Waals surface area contributed by atoms with Gasteiger partial charge in [-0.15, -0.1) is 10.2 Å². The molecule has 0 aliphatic carbocycles. The average Bonchev–Trinajstić information content (AvgIpc) is 3.07. The average molecular weight is 313 g/mol. The SMILES string of the molecule is C[C@@H](C(=O)NCC(=O)c1ccccc1)N1CCn2cnnc2C1. The van der Waals surface area contributed by atoms with E-state index in [9.17, 15) is 9.59 Å². The molecule has 1 aliphatic heterocycles. The lowest BCUT2D eigenvalue weighted by atomic mass is 10.1. The van der Waals surface area contributed by atoms with Crippen molar-refractivity contribution in [1.29, 1.82) is 0 Å². The van der Waals surface area contributed by atoms with Gasteiger partial charge >= 0.3 is 0 Å². The molecule has 1 aromatic heterocycles. The summed E-state index contributed by atoms with van der Waals surface area (Å²) in [6.07, 6.45) is 1.70. The number of Topliss-reactive ketones (excluding diaryl/α,β-unsaturated/α-hetero) is 1. The third-order valence-corrected chi connectivity index (χ3v) is 4.11. The van der Waals surface area contributed by atoms with Crippen molar-refractivity contribution in [2.24, 2.45) is 0 Å². The Labute approximate surface area is 134 Å². The Morgan fingerprint density at radius 2 is 2.04 bits per heavy atom. The molecule has 0 bridgehead atoms. The van der Waals surface area contributed by atoms with Gasteiger partial charge in [-0.25, -0.2) is 0 Å². The van der Waals surface area contributed by atoms with Gasteiger partial charge in [0.25, 0.3) is 0 Å². The summed E-state index contributed by atoms with van der Waals surface area (Å²) in [6, 6.07) is 8.64. The predicted molar refractivity (Wildman–Crippen MR) is 83.7 cm³/mol. The van der Waals surface area contributed by atoms with E-state index in [1.165, 1.54) is 0 Å². The van der Waals surface area contributed by atoms with Crippen molar-refractivity contribution in [3.63, 3.8) is 0 Å². The van der Waals surface area contributed by atoms with E-state index in [-0.39, 0.29) is 24.3 Å². The molecule has 2 aromatic rings. The van der Waals surface area contributed by atoms with Gasteiger partial charge in [-0.1, -0.05) is 30.3 Å². The summed E-state index contributed by atoms with van der Waals surface area (Å²) >= 11 is 0. The van der Waals surface area contributed by atoms with Gasteiger partial charge < -0.3 is 9.88 Å². The molecular formula is C16H19N5O2. The van der Waals surface area contributed by atoms with E-state index in [0.717, 1.165) is 18.9 Å². The Kier molecular flexibility index (Phi) is 4.47. The highest BCUT2D eigenvalue weighted by molar-refractivity contribution is 5.99. The zero-order valence-electron chi connectivity index (χ0n) is 13.0. The monoisotopic (exact) mass is 313 g/mol. The number of benzene rings is 1. The number of carbonyl (C=O) groups excluding carboxylic acids is 2. The van der Waals surface area contributed by atoms with Crippen molar-refractivity contribution in [2.45, 2.75) is 26.1 Å². The molecule has 0 radical (unpaired) electrons. The molecule has 120 valence electrons. The summed E-state index contributed by atoms with van der Waals surface area (Å²) in [6.45, 7) is 3.96. The van der Waals surface area contributed by atoms with Crippen LogP contribution < -0.4 is 5.32 Å². The summed E-state index contributed by atoms with van der Waals surface area (Å²) in [5.41, 5.74) is 0.603. The molecule has 7 heteroatoms. The molecular weight excluding hydrogens is 294 g/mol. The van der Waals surface area contributed by atoms with Crippen LogP contribution in [-0.2, 0) is 17.9 Å².